The van der Waals surface area contributed by atoms with Crippen molar-refractivity contribution in [2.75, 3.05) is 30.4 Å². The molecule has 0 aliphatic heterocycles. The van der Waals surface area contributed by atoms with Gasteiger partial charge in [0.05, 0.1) is 6.20 Å². The molecule has 0 aromatic carbocycles. The molecule has 0 bridgehead atoms. The molecule has 0 aliphatic carbocycles. The average Bonchev–Trinajstić information content (AvgIpc) is 2.83. The van der Waals surface area contributed by atoms with E-state index in [1.165, 1.54) is 0 Å². The van der Waals surface area contributed by atoms with E-state index >= 15 is 0 Å². The van der Waals surface area contributed by atoms with Gasteiger partial charge in [-0.3, -0.25) is 0 Å². The normalized spacial score (nSPS) is 11.6. The molecule has 0 spiro atoms. The minimum Gasteiger partial charge on any atom is -0.372 e. The van der Waals surface area contributed by atoms with E-state index in [0.29, 0.717) is 11.8 Å². The van der Waals surface area contributed by atoms with E-state index in [1.807, 2.05) is 30.0 Å². The Labute approximate surface area is 121 Å². The third-order valence-corrected chi connectivity index (χ3v) is 3.08. The van der Waals surface area contributed by atoms with Crippen LogP contribution in [-0.4, -0.2) is 34.5 Å². The summed E-state index contributed by atoms with van der Waals surface area (Å²) in [5, 5.41) is 3.12. The van der Waals surface area contributed by atoms with Crippen LogP contribution in [0.25, 0.3) is 5.65 Å². The van der Waals surface area contributed by atoms with E-state index in [1.54, 1.807) is 0 Å². The van der Waals surface area contributed by atoms with Crippen LogP contribution in [-0.2, 0) is 0 Å². The quantitative estimate of drug-likeness (QED) is 0.880. The van der Waals surface area contributed by atoms with Crippen LogP contribution in [0.5, 0.6) is 0 Å². The fourth-order valence-electron chi connectivity index (χ4n) is 2.38. The summed E-state index contributed by atoms with van der Waals surface area (Å²) in [6, 6.07) is 0. The summed E-state index contributed by atoms with van der Waals surface area (Å²) in [6.45, 7) is 10.9. The highest BCUT2D eigenvalue weighted by Crippen LogP contribution is 2.22. The summed E-state index contributed by atoms with van der Waals surface area (Å²) in [5.41, 5.74) is 0.922. The molecule has 5 nitrogen and oxygen atoms in total. The second kappa shape index (κ2) is 6.11. The number of nitrogens with zero attached hydrogens (tertiary/aromatic N) is 4. The zero-order valence-electron chi connectivity index (χ0n) is 13.1. The molecule has 0 saturated heterocycles. The van der Waals surface area contributed by atoms with Crippen molar-refractivity contribution >= 4 is 17.3 Å². The van der Waals surface area contributed by atoms with E-state index in [2.05, 4.69) is 42.9 Å². The van der Waals surface area contributed by atoms with Gasteiger partial charge in [-0.1, -0.05) is 27.7 Å². The van der Waals surface area contributed by atoms with Gasteiger partial charge in [-0.05, 0) is 11.8 Å². The molecule has 0 atom stereocenters. The Morgan fingerprint density at radius 1 is 1.20 bits per heavy atom. The summed E-state index contributed by atoms with van der Waals surface area (Å²) >= 11 is 0. The van der Waals surface area contributed by atoms with Crippen LogP contribution in [0, 0.1) is 11.8 Å². The summed E-state index contributed by atoms with van der Waals surface area (Å²) < 4.78 is 2.03. The molecule has 2 rings (SSSR count). The lowest BCUT2D eigenvalue weighted by Crippen LogP contribution is -2.32. The number of hydrogen-bond acceptors (Lipinski definition) is 4. The second-order valence-corrected chi connectivity index (χ2v) is 6.05. The van der Waals surface area contributed by atoms with Crippen molar-refractivity contribution in [3.05, 3.63) is 18.6 Å². The van der Waals surface area contributed by atoms with E-state index < -0.39 is 0 Å². The molecule has 2 aromatic rings. The van der Waals surface area contributed by atoms with Gasteiger partial charge in [0, 0.05) is 32.5 Å². The molecule has 110 valence electrons. The third-order valence-electron chi connectivity index (χ3n) is 3.08. The number of anilines is 2. The van der Waals surface area contributed by atoms with Crippen LogP contribution in [0.4, 0.5) is 11.6 Å². The molecule has 0 unspecified atom stereocenters. The van der Waals surface area contributed by atoms with Crippen molar-refractivity contribution in [2.45, 2.75) is 27.7 Å². The van der Waals surface area contributed by atoms with E-state index in [4.69, 9.17) is 4.98 Å². The lowest BCUT2D eigenvalue weighted by atomic mass is 10.1. The summed E-state index contributed by atoms with van der Waals surface area (Å²) in [6.07, 6.45) is 5.75. The van der Waals surface area contributed by atoms with E-state index in [-0.39, 0.29) is 0 Å². The first-order valence-electron chi connectivity index (χ1n) is 7.27. The number of rotatable bonds is 6. The van der Waals surface area contributed by atoms with Gasteiger partial charge in [0.15, 0.2) is 11.5 Å². The maximum absolute atomic E-state index is 4.73. The van der Waals surface area contributed by atoms with Crippen LogP contribution in [0.2, 0.25) is 0 Å². The van der Waals surface area contributed by atoms with Crippen molar-refractivity contribution in [1.29, 1.82) is 0 Å². The zero-order chi connectivity index (χ0) is 14.7. The monoisotopic (exact) mass is 275 g/mol. The highest BCUT2D eigenvalue weighted by Gasteiger charge is 2.17. The molecule has 5 heteroatoms. The van der Waals surface area contributed by atoms with Gasteiger partial charge in [0.1, 0.15) is 5.82 Å². The van der Waals surface area contributed by atoms with Crippen LogP contribution in [0.3, 0.4) is 0 Å². The third kappa shape index (κ3) is 3.21. The Bertz CT molecular complexity index is 548. The number of nitrogens with one attached hydrogen (secondary N) is 1. The highest BCUT2D eigenvalue weighted by atomic mass is 15.2. The van der Waals surface area contributed by atoms with Gasteiger partial charge in [-0.25, -0.2) is 9.97 Å². The van der Waals surface area contributed by atoms with Gasteiger partial charge in [-0.2, -0.15) is 0 Å². The molecule has 0 radical (unpaired) electrons. The lowest BCUT2D eigenvalue weighted by Gasteiger charge is -2.28. The van der Waals surface area contributed by atoms with Crippen molar-refractivity contribution in [2.24, 2.45) is 11.8 Å². The fourth-order valence-corrected chi connectivity index (χ4v) is 2.38. The molecule has 0 fully saturated rings. The average molecular weight is 275 g/mol. The van der Waals surface area contributed by atoms with Crippen molar-refractivity contribution in [3.8, 4) is 0 Å². The number of fused-ring (bicyclic) bond motifs is 1. The van der Waals surface area contributed by atoms with E-state index in [0.717, 1.165) is 30.4 Å². The topological polar surface area (TPSA) is 45.5 Å². The van der Waals surface area contributed by atoms with E-state index in [9.17, 15) is 0 Å². The van der Waals surface area contributed by atoms with Crippen molar-refractivity contribution < 1.29 is 0 Å². The summed E-state index contributed by atoms with van der Waals surface area (Å²) in [7, 11) is 1.89. The number of hydrogen-bond donors (Lipinski definition) is 1. The van der Waals surface area contributed by atoms with Crippen LogP contribution in [0.15, 0.2) is 18.6 Å². The first-order chi connectivity index (χ1) is 9.51. The Kier molecular flexibility index (Phi) is 4.47. The van der Waals surface area contributed by atoms with Crippen molar-refractivity contribution in [3.63, 3.8) is 0 Å². The predicted octanol–water partition coefficient (Wildman–Crippen LogP) is 2.89. The summed E-state index contributed by atoms with van der Waals surface area (Å²) in [4.78, 5) is 11.5. The molecular weight excluding hydrogens is 250 g/mol. The molecule has 0 saturated carbocycles. The van der Waals surface area contributed by atoms with Crippen molar-refractivity contribution in [1.82, 2.24) is 14.4 Å². The first-order valence-corrected chi connectivity index (χ1v) is 7.27. The minimum atomic E-state index is 0.587. The largest absolute Gasteiger partial charge is 0.372 e. The maximum atomic E-state index is 4.73. The first kappa shape index (κ1) is 14.6. The Balaban J connectivity index is 2.47. The maximum Gasteiger partial charge on any atom is 0.180 e. The minimum absolute atomic E-state index is 0.587. The fraction of sp³-hybridized carbons (Fsp3) is 0.600. The van der Waals surface area contributed by atoms with Gasteiger partial charge in [0.25, 0.3) is 0 Å². The summed E-state index contributed by atoms with van der Waals surface area (Å²) in [5.74, 6) is 3.00. The Hall–Kier alpha value is -1.78. The van der Waals surface area contributed by atoms with Gasteiger partial charge >= 0.3 is 0 Å². The standard InChI is InChI=1S/C15H25N5/c1-11(2)8-20(9-12(3)4)15-14-17-6-7-19(14)10-13(16-5)18-15/h6-7,10-12,16H,8-9H2,1-5H3. The van der Waals surface area contributed by atoms with Gasteiger partial charge < -0.3 is 14.6 Å². The molecule has 0 aliphatic rings. The smallest absolute Gasteiger partial charge is 0.180 e. The molecule has 2 heterocycles. The second-order valence-electron chi connectivity index (χ2n) is 6.05. The van der Waals surface area contributed by atoms with Gasteiger partial charge in [-0.15, -0.1) is 0 Å². The number of imidazole rings is 1. The lowest BCUT2D eigenvalue weighted by molar-refractivity contribution is 0.549. The predicted molar refractivity (Wildman–Crippen MR) is 84.4 cm³/mol. The SMILES string of the molecule is CNc1cn2ccnc2c(N(CC(C)C)CC(C)C)n1. The molecule has 20 heavy (non-hydrogen) atoms. The molecule has 1 N–H and O–H groups in total. The number of aromatic nitrogens is 3. The molecule has 0 amide bonds. The molecular formula is C15H25N5. The van der Waals surface area contributed by atoms with Crippen LogP contribution >= 0.6 is 0 Å². The molecule has 2 aromatic heterocycles. The Morgan fingerprint density at radius 3 is 2.40 bits per heavy atom. The van der Waals surface area contributed by atoms with Crippen LogP contribution < -0.4 is 10.2 Å². The Morgan fingerprint density at radius 2 is 1.85 bits per heavy atom. The zero-order valence-corrected chi connectivity index (χ0v) is 13.1. The van der Waals surface area contributed by atoms with Gasteiger partial charge in [0.2, 0.25) is 0 Å². The highest BCUT2D eigenvalue weighted by molar-refractivity contribution is 5.66. The van der Waals surface area contributed by atoms with Crippen LogP contribution in [0.1, 0.15) is 27.7 Å².